The third-order valence-electron chi connectivity index (χ3n) is 6.21. The molecule has 0 bridgehead atoms. The molecule has 2 aliphatic rings. The van der Waals surface area contributed by atoms with Gasteiger partial charge in [0.05, 0.1) is 24.8 Å². The number of nitrogens with zero attached hydrogens (tertiary/aromatic N) is 4. The van der Waals surface area contributed by atoms with Crippen LogP contribution in [0.15, 0.2) is 54.9 Å². The first-order valence-electron chi connectivity index (χ1n) is 10.8. The Hall–Kier alpha value is -2.54. The van der Waals surface area contributed by atoms with Gasteiger partial charge in [-0.15, -0.1) is 0 Å². The summed E-state index contributed by atoms with van der Waals surface area (Å²) in [6, 6.07) is 14.7. The monoisotopic (exact) mass is 404 g/mol. The molecule has 0 radical (unpaired) electrons. The Balaban J connectivity index is 1.37. The van der Waals surface area contributed by atoms with Crippen molar-refractivity contribution in [1.29, 1.82) is 0 Å². The third kappa shape index (κ3) is 4.17. The molecule has 30 heavy (non-hydrogen) atoms. The SMILES string of the molecule is O[C@@H]1CN(Cc2cc3ccccc3nc2N2CCOCC2)C[C@H]1Cc1ccncc1. The van der Waals surface area contributed by atoms with E-state index in [0.717, 1.165) is 62.5 Å². The van der Waals surface area contributed by atoms with Crippen molar-refractivity contribution in [2.75, 3.05) is 44.3 Å². The average molecular weight is 405 g/mol. The van der Waals surface area contributed by atoms with Gasteiger partial charge in [0.1, 0.15) is 5.82 Å². The van der Waals surface area contributed by atoms with Crippen molar-refractivity contribution in [3.8, 4) is 0 Å². The molecule has 0 aliphatic carbocycles. The Kier molecular flexibility index (Phi) is 5.62. The summed E-state index contributed by atoms with van der Waals surface area (Å²) in [5.74, 6) is 1.30. The molecule has 1 N–H and O–H groups in total. The van der Waals surface area contributed by atoms with Gasteiger partial charge in [-0.2, -0.15) is 0 Å². The van der Waals surface area contributed by atoms with E-state index in [-0.39, 0.29) is 12.0 Å². The Morgan fingerprint density at radius 1 is 1.03 bits per heavy atom. The molecule has 4 heterocycles. The highest BCUT2D eigenvalue weighted by Crippen LogP contribution is 2.29. The molecule has 0 amide bonds. The Labute approximate surface area is 177 Å². The second-order valence-corrected chi connectivity index (χ2v) is 8.34. The van der Waals surface area contributed by atoms with Crippen molar-refractivity contribution in [3.63, 3.8) is 0 Å². The quantitative estimate of drug-likeness (QED) is 0.705. The number of para-hydroxylation sites is 1. The van der Waals surface area contributed by atoms with E-state index >= 15 is 0 Å². The molecule has 2 saturated heterocycles. The van der Waals surface area contributed by atoms with E-state index in [1.807, 2.05) is 30.6 Å². The van der Waals surface area contributed by atoms with Crippen molar-refractivity contribution in [2.24, 2.45) is 5.92 Å². The molecule has 6 heteroatoms. The number of likely N-dealkylation sites (tertiary alicyclic amines) is 1. The number of β-amino-alcohol motifs (C(OH)–C–C–N with tert-alkyl or cyclic N) is 1. The van der Waals surface area contributed by atoms with E-state index in [1.165, 1.54) is 11.1 Å². The molecule has 2 fully saturated rings. The van der Waals surface area contributed by atoms with E-state index in [9.17, 15) is 5.11 Å². The van der Waals surface area contributed by atoms with Gasteiger partial charge in [0, 0.05) is 62.0 Å². The van der Waals surface area contributed by atoms with E-state index in [2.05, 4.69) is 39.0 Å². The van der Waals surface area contributed by atoms with E-state index in [0.29, 0.717) is 6.54 Å². The fourth-order valence-electron chi connectivity index (χ4n) is 4.65. The first kappa shape index (κ1) is 19.4. The van der Waals surface area contributed by atoms with Crippen LogP contribution in [0.5, 0.6) is 0 Å². The summed E-state index contributed by atoms with van der Waals surface area (Å²) >= 11 is 0. The molecule has 0 saturated carbocycles. The normalized spacial score (nSPS) is 22.6. The van der Waals surface area contributed by atoms with Crippen LogP contribution < -0.4 is 4.90 Å². The molecule has 2 atom stereocenters. The number of aromatic nitrogens is 2. The maximum Gasteiger partial charge on any atom is 0.133 e. The van der Waals surface area contributed by atoms with Gasteiger partial charge in [0.2, 0.25) is 0 Å². The van der Waals surface area contributed by atoms with Crippen molar-refractivity contribution in [1.82, 2.24) is 14.9 Å². The van der Waals surface area contributed by atoms with Crippen LogP contribution in [0.4, 0.5) is 5.82 Å². The molecule has 5 rings (SSSR count). The number of aliphatic hydroxyl groups is 1. The highest BCUT2D eigenvalue weighted by molar-refractivity contribution is 5.81. The van der Waals surface area contributed by atoms with Gasteiger partial charge in [0.25, 0.3) is 0 Å². The van der Waals surface area contributed by atoms with Gasteiger partial charge >= 0.3 is 0 Å². The van der Waals surface area contributed by atoms with Gasteiger partial charge in [-0.3, -0.25) is 9.88 Å². The first-order chi connectivity index (χ1) is 14.8. The van der Waals surface area contributed by atoms with Crippen molar-refractivity contribution in [3.05, 3.63) is 66.0 Å². The van der Waals surface area contributed by atoms with Crippen molar-refractivity contribution < 1.29 is 9.84 Å². The zero-order chi connectivity index (χ0) is 20.3. The number of anilines is 1. The topological polar surface area (TPSA) is 61.7 Å². The molecule has 6 nitrogen and oxygen atoms in total. The minimum atomic E-state index is -0.307. The van der Waals surface area contributed by atoms with Crippen LogP contribution in [0.3, 0.4) is 0 Å². The minimum Gasteiger partial charge on any atom is -0.391 e. The van der Waals surface area contributed by atoms with Crippen molar-refractivity contribution >= 4 is 16.7 Å². The Morgan fingerprint density at radius 3 is 2.67 bits per heavy atom. The largest absolute Gasteiger partial charge is 0.391 e. The fraction of sp³-hybridized carbons (Fsp3) is 0.417. The van der Waals surface area contributed by atoms with Crippen molar-refractivity contribution in [2.45, 2.75) is 19.1 Å². The maximum absolute atomic E-state index is 10.7. The highest BCUT2D eigenvalue weighted by atomic mass is 16.5. The summed E-state index contributed by atoms with van der Waals surface area (Å²) in [4.78, 5) is 13.8. The third-order valence-corrected chi connectivity index (χ3v) is 6.21. The smallest absolute Gasteiger partial charge is 0.133 e. The standard InChI is InChI=1S/C24H28N4O2/c29-23-17-27(15-20(23)13-18-5-7-25-8-6-18)16-21-14-19-3-1-2-4-22(19)26-24(21)28-9-11-30-12-10-28/h1-8,14,20,23,29H,9-13,15-17H2/t20-,23-/m1/s1. The number of hydrogen-bond donors (Lipinski definition) is 1. The van der Waals surface area contributed by atoms with Crippen LogP contribution >= 0.6 is 0 Å². The van der Waals surface area contributed by atoms with Gasteiger partial charge in [0.15, 0.2) is 0 Å². The number of ether oxygens (including phenoxy) is 1. The summed E-state index contributed by atoms with van der Waals surface area (Å²) < 4.78 is 5.55. The molecule has 2 aromatic heterocycles. The lowest BCUT2D eigenvalue weighted by Crippen LogP contribution is -2.38. The second-order valence-electron chi connectivity index (χ2n) is 8.34. The zero-order valence-corrected chi connectivity index (χ0v) is 17.2. The lowest BCUT2D eigenvalue weighted by atomic mass is 9.97. The summed E-state index contributed by atoms with van der Waals surface area (Å²) in [6.45, 7) is 5.60. The molecule has 2 aliphatic heterocycles. The first-order valence-corrected chi connectivity index (χ1v) is 10.8. The Bertz CT molecular complexity index is 991. The van der Waals surface area contributed by atoms with E-state index < -0.39 is 0 Å². The number of rotatable bonds is 5. The van der Waals surface area contributed by atoms with Gasteiger partial charge in [-0.25, -0.2) is 4.98 Å². The van der Waals surface area contributed by atoms with Gasteiger partial charge < -0.3 is 14.7 Å². The van der Waals surface area contributed by atoms with E-state index in [4.69, 9.17) is 9.72 Å². The van der Waals surface area contributed by atoms with Crippen LogP contribution in [0, 0.1) is 5.92 Å². The number of pyridine rings is 2. The lowest BCUT2D eigenvalue weighted by Gasteiger charge is -2.30. The van der Waals surface area contributed by atoms with E-state index in [1.54, 1.807) is 0 Å². The average Bonchev–Trinajstić information content (AvgIpc) is 3.13. The lowest BCUT2D eigenvalue weighted by molar-refractivity contribution is 0.122. The molecular formula is C24H28N4O2. The molecule has 3 aromatic rings. The predicted octanol–water partition coefficient (Wildman–Crippen LogP) is 2.50. The second kappa shape index (κ2) is 8.68. The summed E-state index contributed by atoms with van der Waals surface area (Å²) in [5.41, 5.74) is 3.49. The minimum absolute atomic E-state index is 0.243. The van der Waals surface area contributed by atoms with Gasteiger partial charge in [-0.05, 0) is 36.2 Å². The molecule has 0 spiro atoms. The predicted molar refractivity (Wildman–Crippen MR) is 117 cm³/mol. The van der Waals surface area contributed by atoms with Crippen LogP contribution in [0.25, 0.3) is 10.9 Å². The maximum atomic E-state index is 10.7. The van der Waals surface area contributed by atoms with Crippen LogP contribution in [-0.4, -0.2) is 65.5 Å². The van der Waals surface area contributed by atoms with Crippen LogP contribution in [0.2, 0.25) is 0 Å². The number of hydrogen-bond acceptors (Lipinski definition) is 6. The Morgan fingerprint density at radius 2 is 1.83 bits per heavy atom. The summed E-state index contributed by atoms with van der Waals surface area (Å²) in [6.07, 6.45) is 4.22. The number of aliphatic hydroxyl groups excluding tert-OH is 1. The molecule has 0 unspecified atom stereocenters. The highest BCUT2D eigenvalue weighted by Gasteiger charge is 2.32. The molecule has 156 valence electrons. The van der Waals surface area contributed by atoms with Crippen LogP contribution in [0.1, 0.15) is 11.1 Å². The fourth-order valence-corrected chi connectivity index (χ4v) is 4.65. The zero-order valence-electron chi connectivity index (χ0n) is 17.2. The van der Waals surface area contributed by atoms with Gasteiger partial charge in [-0.1, -0.05) is 18.2 Å². The molecule has 1 aromatic carbocycles. The number of benzene rings is 1. The van der Waals surface area contributed by atoms with Crippen LogP contribution in [-0.2, 0) is 17.7 Å². The number of morpholine rings is 1. The summed E-state index contributed by atoms with van der Waals surface area (Å²) in [7, 11) is 0. The molecular weight excluding hydrogens is 376 g/mol. The number of fused-ring (bicyclic) bond motifs is 1. The summed E-state index contributed by atoms with van der Waals surface area (Å²) in [5, 5.41) is 11.9.